The first-order valence-electron chi connectivity index (χ1n) is 17.3. The van der Waals surface area contributed by atoms with Gasteiger partial charge in [-0.25, -0.2) is 0 Å². The van der Waals surface area contributed by atoms with E-state index in [9.17, 15) is 19.7 Å². The van der Waals surface area contributed by atoms with Gasteiger partial charge in [-0.05, 0) is 82.2 Å². The number of unbranched alkanes of at least 4 members (excludes halogenated alkanes) is 4. The maximum absolute atomic E-state index is 12.8. The monoisotopic (exact) mass is 640 g/mol. The molecule has 1 N–H and O–H groups in total. The number of nitrogens with one attached hydrogen (secondary N) is 1. The molecule has 2 aliphatic rings. The summed E-state index contributed by atoms with van der Waals surface area (Å²) in [7, 11) is -0.187. The number of benzene rings is 1. The fourth-order valence-corrected chi connectivity index (χ4v) is 6.24. The van der Waals surface area contributed by atoms with Crippen LogP contribution in [0.2, 0.25) is 6.32 Å². The van der Waals surface area contributed by atoms with Gasteiger partial charge in [0.05, 0.1) is 12.7 Å². The van der Waals surface area contributed by atoms with E-state index in [1.165, 1.54) is 5.56 Å². The van der Waals surface area contributed by atoms with Gasteiger partial charge in [0.15, 0.2) is 0 Å². The van der Waals surface area contributed by atoms with Crippen molar-refractivity contribution < 1.29 is 33.6 Å². The molecule has 254 valence electrons. The van der Waals surface area contributed by atoms with Crippen LogP contribution in [0, 0.1) is 22.0 Å². The van der Waals surface area contributed by atoms with Gasteiger partial charge in [0.25, 0.3) is 5.09 Å². The van der Waals surface area contributed by atoms with Crippen LogP contribution in [0.4, 0.5) is 0 Å². The second kappa shape index (κ2) is 21.6. The Morgan fingerprint density at radius 1 is 1.07 bits per heavy atom. The number of ether oxygens (including phenoxy) is 1. The summed E-state index contributed by atoms with van der Waals surface area (Å²) in [5, 5.41) is 12.4. The van der Waals surface area contributed by atoms with Crippen molar-refractivity contribution in [3.8, 4) is 0 Å². The SMILES string of the molecule is CCCCB1O[C@H]2C[C@@H](O1)[C@H](/C=C/[C@H](CCc1ccccc1)OC(=O)CCCCCO[N+](=O)[O-])[C@H]2C/C=C\CCCC(=O)NCC. The van der Waals surface area contributed by atoms with Gasteiger partial charge in [-0.2, -0.15) is 0 Å². The molecule has 1 aromatic rings. The number of hydrogen-bond acceptors (Lipinski definition) is 8. The molecule has 1 saturated carbocycles. The van der Waals surface area contributed by atoms with Crippen LogP contribution in [-0.4, -0.2) is 55.5 Å². The van der Waals surface area contributed by atoms with E-state index in [0.29, 0.717) is 38.6 Å². The molecular formula is C35H53BN2O8. The van der Waals surface area contributed by atoms with E-state index in [2.05, 4.69) is 47.4 Å². The second-order valence-corrected chi connectivity index (χ2v) is 12.3. The van der Waals surface area contributed by atoms with E-state index in [4.69, 9.17) is 14.0 Å². The second-order valence-electron chi connectivity index (χ2n) is 12.3. The Kier molecular flexibility index (Phi) is 17.5. The topological polar surface area (TPSA) is 126 Å². The Morgan fingerprint density at radius 2 is 1.87 bits per heavy atom. The average Bonchev–Trinajstić information content (AvgIpc) is 3.28. The lowest BCUT2D eigenvalue weighted by molar-refractivity contribution is -0.757. The summed E-state index contributed by atoms with van der Waals surface area (Å²) in [6.07, 6.45) is 18.8. The zero-order valence-electron chi connectivity index (χ0n) is 27.7. The minimum atomic E-state index is -0.795. The number of amides is 1. The molecule has 1 amide bonds. The molecule has 0 aromatic heterocycles. The zero-order valence-corrected chi connectivity index (χ0v) is 27.7. The van der Waals surface area contributed by atoms with Crippen LogP contribution in [0.15, 0.2) is 54.6 Å². The zero-order chi connectivity index (χ0) is 33.0. The smallest absolute Gasteiger partial charge is 0.457 e. The average molecular weight is 641 g/mol. The number of allylic oxidation sites excluding steroid dienone is 2. The minimum Gasteiger partial charge on any atom is -0.458 e. The Bertz CT molecular complexity index is 1100. The van der Waals surface area contributed by atoms with Gasteiger partial charge < -0.3 is 24.2 Å². The molecule has 1 saturated heterocycles. The van der Waals surface area contributed by atoms with Gasteiger partial charge in [0, 0.05) is 31.4 Å². The summed E-state index contributed by atoms with van der Waals surface area (Å²) in [5.41, 5.74) is 1.19. The number of fused-ring (bicyclic) bond motifs is 2. The Morgan fingerprint density at radius 3 is 2.63 bits per heavy atom. The molecule has 0 radical (unpaired) electrons. The van der Waals surface area contributed by atoms with Crippen LogP contribution >= 0.6 is 0 Å². The molecule has 0 unspecified atom stereocenters. The quantitative estimate of drug-likeness (QED) is 0.0345. The molecule has 46 heavy (non-hydrogen) atoms. The van der Waals surface area contributed by atoms with Crippen molar-refractivity contribution in [1.82, 2.24) is 5.32 Å². The lowest BCUT2D eigenvalue weighted by Crippen LogP contribution is -2.37. The molecule has 1 aromatic carbocycles. The lowest BCUT2D eigenvalue weighted by Gasteiger charge is -2.27. The molecule has 1 aliphatic carbocycles. The van der Waals surface area contributed by atoms with E-state index in [1.54, 1.807) is 0 Å². The van der Waals surface area contributed by atoms with Crippen molar-refractivity contribution in [3.05, 3.63) is 70.3 Å². The number of carbonyl (C=O) groups is 2. The van der Waals surface area contributed by atoms with Crippen molar-refractivity contribution in [1.29, 1.82) is 0 Å². The number of carbonyl (C=O) groups excluding carboxylic acids is 2. The van der Waals surface area contributed by atoms with Crippen molar-refractivity contribution in [2.75, 3.05) is 13.2 Å². The van der Waals surface area contributed by atoms with E-state index >= 15 is 0 Å². The summed E-state index contributed by atoms with van der Waals surface area (Å²) in [6.45, 7) is 4.79. The lowest BCUT2D eigenvalue weighted by atomic mass is 9.80. The number of rotatable bonds is 23. The molecule has 10 nitrogen and oxygen atoms in total. The number of aryl methyl sites for hydroxylation is 1. The normalized spacial score (nSPS) is 21.5. The van der Waals surface area contributed by atoms with Crippen molar-refractivity contribution >= 4 is 19.0 Å². The Balaban J connectivity index is 1.64. The van der Waals surface area contributed by atoms with E-state index in [-0.39, 0.29) is 62.2 Å². The molecule has 1 heterocycles. The maximum atomic E-state index is 12.8. The van der Waals surface area contributed by atoms with Crippen LogP contribution in [0.5, 0.6) is 0 Å². The van der Waals surface area contributed by atoms with Gasteiger partial charge in [0.2, 0.25) is 5.91 Å². The highest BCUT2D eigenvalue weighted by Crippen LogP contribution is 2.44. The Hall–Kier alpha value is -3.18. The molecule has 2 fully saturated rings. The first-order valence-corrected chi connectivity index (χ1v) is 17.3. The van der Waals surface area contributed by atoms with Crippen LogP contribution in [0.25, 0.3) is 0 Å². The van der Waals surface area contributed by atoms with Crippen molar-refractivity contribution in [2.45, 2.75) is 122 Å². The number of esters is 1. The summed E-state index contributed by atoms with van der Waals surface area (Å²) < 4.78 is 18.9. The highest BCUT2D eigenvalue weighted by atomic mass is 16.9. The molecule has 0 spiro atoms. The highest BCUT2D eigenvalue weighted by Gasteiger charge is 2.49. The fraction of sp³-hybridized carbons (Fsp3) is 0.657. The summed E-state index contributed by atoms with van der Waals surface area (Å²) in [6, 6.07) is 10.2. The molecule has 1 aliphatic heterocycles. The number of hydrogen-bond donors (Lipinski definition) is 1. The van der Waals surface area contributed by atoms with Crippen LogP contribution < -0.4 is 5.32 Å². The van der Waals surface area contributed by atoms with Gasteiger partial charge in [-0.1, -0.05) is 74.7 Å². The predicted octanol–water partition coefficient (Wildman–Crippen LogP) is 6.82. The first kappa shape index (κ1) is 37.3. The summed E-state index contributed by atoms with van der Waals surface area (Å²) >= 11 is 0. The number of nitrogens with zero attached hydrogens (tertiary/aromatic N) is 1. The van der Waals surface area contributed by atoms with Gasteiger partial charge >= 0.3 is 13.1 Å². The highest BCUT2D eigenvalue weighted by molar-refractivity contribution is 6.44. The summed E-state index contributed by atoms with van der Waals surface area (Å²) in [4.78, 5) is 39.3. The molecular weight excluding hydrogens is 587 g/mol. The third kappa shape index (κ3) is 14.1. The van der Waals surface area contributed by atoms with Gasteiger partial charge in [0.1, 0.15) is 6.10 Å². The third-order valence-electron chi connectivity index (χ3n) is 8.65. The van der Waals surface area contributed by atoms with Crippen molar-refractivity contribution in [3.63, 3.8) is 0 Å². The third-order valence-corrected chi connectivity index (χ3v) is 8.65. The van der Waals surface area contributed by atoms with Gasteiger partial charge in [-0.3, -0.25) is 9.59 Å². The largest absolute Gasteiger partial charge is 0.458 e. The molecule has 2 bridgehead atoms. The summed E-state index contributed by atoms with van der Waals surface area (Å²) in [5.74, 6) is 0.212. The van der Waals surface area contributed by atoms with Crippen LogP contribution in [0.3, 0.4) is 0 Å². The Labute approximate surface area is 274 Å². The fourth-order valence-electron chi connectivity index (χ4n) is 6.24. The van der Waals surface area contributed by atoms with Crippen molar-refractivity contribution in [2.24, 2.45) is 11.8 Å². The van der Waals surface area contributed by atoms with E-state index < -0.39 is 5.09 Å². The standard InChI is InChI=1S/C35H53BN2O8/c1-3-5-25-36-45-32-27-33(46-36)31(30(32)18-12-6-7-13-19-34(39)37-4-2)24-23-29(22-21-28-16-10-8-11-17-28)44-35(40)20-14-9-15-26-43-38(41)42/h6,8,10-12,16-17,23-24,29-33H,3-5,7,9,13-15,18-22,25-27H2,1-2H3,(H,37,39)/b12-6-,24-23+/t29-,30+,31+,32-,33+/m0/s1. The molecule has 3 rings (SSSR count). The maximum Gasteiger partial charge on any atom is 0.457 e. The van der Waals surface area contributed by atoms with E-state index in [1.807, 2.05) is 31.2 Å². The van der Waals surface area contributed by atoms with Crippen LogP contribution in [-0.2, 0) is 34.9 Å². The van der Waals surface area contributed by atoms with Gasteiger partial charge in [-0.15, -0.1) is 10.1 Å². The molecule has 5 atom stereocenters. The van der Waals surface area contributed by atoms with Crippen LogP contribution in [0.1, 0.15) is 96.5 Å². The van der Waals surface area contributed by atoms with E-state index in [0.717, 1.165) is 51.3 Å². The predicted molar refractivity (Wildman–Crippen MR) is 178 cm³/mol. The minimum absolute atomic E-state index is 0.0333. The molecule has 11 heteroatoms. The first-order chi connectivity index (χ1) is 22.4.